The monoisotopic (exact) mass is 408 g/mol. The summed E-state index contributed by atoms with van der Waals surface area (Å²) in [6, 6.07) is 16.9. The second-order valence-corrected chi connectivity index (χ2v) is 9.30. The van der Waals surface area contributed by atoms with E-state index >= 15 is 0 Å². The number of aromatic nitrogens is 1. The fraction of sp³-hybridized carbons (Fsp3) is 0.136. The lowest BCUT2D eigenvalue weighted by Gasteiger charge is -2.22. The third-order valence-electron chi connectivity index (χ3n) is 4.89. The maximum absolute atomic E-state index is 11.7. The molecule has 6 heteroatoms. The molecule has 2 N–H and O–H groups in total. The van der Waals surface area contributed by atoms with Crippen LogP contribution in [0.4, 0.5) is 0 Å². The molecule has 2 atom stereocenters. The maximum atomic E-state index is 11.7. The third kappa shape index (κ3) is 3.85. The fourth-order valence-corrected chi connectivity index (χ4v) is 4.76. The summed E-state index contributed by atoms with van der Waals surface area (Å²) in [7, 11) is -3.73. The molecule has 0 fully saturated rings. The van der Waals surface area contributed by atoms with Crippen molar-refractivity contribution < 1.29 is 8.42 Å². The van der Waals surface area contributed by atoms with Crippen molar-refractivity contribution in [1.82, 2.24) is 4.98 Å². The molecule has 2 aromatic carbocycles. The summed E-state index contributed by atoms with van der Waals surface area (Å²) in [6.45, 7) is 2.16. The van der Waals surface area contributed by atoms with E-state index in [4.69, 9.17) is 10.1 Å². The Balaban J connectivity index is 1.69. The van der Waals surface area contributed by atoms with Crippen LogP contribution in [0.1, 0.15) is 24.1 Å². The van der Waals surface area contributed by atoms with Gasteiger partial charge >= 0.3 is 0 Å². The molecule has 0 amide bonds. The number of hydrogen-bond donors (Lipinski definition) is 1. The van der Waals surface area contributed by atoms with Gasteiger partial charge in [0.25, 0.3) is 0 Å². The molecule has 3 aromatic rings. The zero-order valence-corrected chi connectivity index (χ0v) is 17.0. The number of nitrogens with zero attached hydrogens (tertiary/aromatic N) is 1. The average molecular weight is 409 g/mol. The van der Waals surface area contributed by atoms with Gasteiger partial charge in [-0.05, 0) is 29.2 Å². The first kappa shape index (κ1) is 18.8. The van der Waals surface area contributed by atoms with Gasteiger partial charge in [0.1, 0.15) is 5.01 Å². The Hall–Kier alpha value is -2.54. The minimum atomic E-state index is -3.73. The largest absolute Gasteiger partial charge is 0.240 e. The highest BCUT2D eigenvalue weighted by molar-refractivity contribution is 7.89. The van der Waals surface area contributed by atoms with E-state index < -0.39 is 10.0 Å². The predicted octanol–water partition coefficient (Wildman–Crippen LogP) is 4.83. The minimum absolute atomic E-state index is 0.120. The lowest BCUT2D eigenvalue weighted by Crippen LogP contribution is -2.12. The van der Waals surface area contributed by atoms with Gasteiger partial charge < -0.3 is 0 Å². The van der Waals surface area contributed by atoms with Gasteiger partial charge in [0.2, 0.25) is 10.0 Å². The summed E-state index contributed by atoms with van der Waals surface area (Å²) >= 11 is 1.64. The van der Waals surface area contributed by atoms with Crippen LogP contribution in [0, 0.1) is 5.92 Å². The van der Waals surface area contributed by atoms with Crippen LogP contribution >= 0.6 is 11.3 Å². The van der Waals surface area contributed by atoms with Gasteiger partial charge in [-0.1, -0.05) is 67.6 Å². The van der Waals surface area contributed by atoms with Crippen LogP contribution in [0.25, 0.3) is 16.1 Å². The topological polar surface area (TPSA) is 73.1 Å². The number of hydrogen-bond acceptors (Lipinski definition) is 4. The van der Waals surface area contributed by atoms with Crippen LogP contribution in [-0.4, -0.2) is 13.4 Å². The summed E-state index contributed by atoms with van der Waals surface area (Å²) in [5.41, 5.74) is 3.95. The predicted molar refractivity (Wildman–Crippen MR) is 114 cm³/mol. The Morgan fingerprint density at radius 2 is 1.79 bits per heavy atom. The van der Waals surface area contributed by atoms with Crippen LogP contribution in [0.5, 0.6) is 0 Å². The zero-order valence-electron chi connectivity index (χ0n) is 15.3. The van der Waals surface area contributed by atoms with Gasteiger partial charge in [-0.15, -0.1) is 11.3 Å². The molecule has 1 aromatic heterocycles. The molecule has 0 spiro atoms. The van der Waals surface area contributed by atoms with Crippen molar-refractivity contribution in [3.05, 3.63) is 89.5 Å². The standard InChI is InChI=1S/C22H20N2O2S2/c1-15-10-11-18(17-8-5-9-19(12-17)28(23,25)26)13-20(15)21-14-27-22(24-21)16-6-3-2-4-7-16/h2-15,20H,1H3,(H2,23,25,26). The summed E-state index contributed by atoms with van der Waals surface area (Å²) in [5.74, 6) is 0.433. The SMILES string of the molecule is CC1C=CC(c2cccc(S(N)(=O)=O)c2)=CC1c1csc(-c2ccccc2)n1. The van der Waals surface area contributed by atoms with Crippen molar-refractivity contribution in [2.24, 2.45) is 11.1 Å². The van der Waals surface area contributed by atoms with E-state index in [9.17, 15) is 8.42 Å². The molecule has 1 aliphatic carbocycles. The van der Waals surface area contributed by atoms with Gasteiger partial charge in [-0.2, -0.15) is 0 Å². The Morgan fingerprint density at radius 1 is 1.04 bits per heavy atom. The van der Waals surface area contributed by atoms with Crippen molar-refractivity contribution in [3.8, 4) is 10.6 Å². The number of benzene rings is 2. The quantitative estimate of drug-likeness (QED) is 0.672. The molecular weight excluding hydrogens is 388 g/mol. The molecule has 142 valence electrons. The van der Waals surface area contributed by atoms with Gasteiger partial charge in [-0.3, -0.25) is 0 Å². The van der Waals surface area contributed by atoms with Crippen molar-refractivity contribution in [2.75, 3.05) is 0 Å². The van der Waals surface area contributed by atoms with Crippen LogP contribution < -0.4 is 5.14 Å². The normalized spacial score (nSPS) is 19.4. The van der Waals surface area contributed by atoms with Crippen molar-refractivity contribution >= 4 is 26.9 Å². The molecule has 0 saturated carbocycles. The van der Waals surface area contributed by atoms with Crippen LogP contribution in [0.3, 0.4) is 0 Å². The molecule has 0 bridgehead atoms. The summed E-state index contributed by atoms with van der Waals surface area (Å²) < 4.78 is 23.3. The summed E-state index contributed by atoms with van der Waals surface area (Å²) in [4.78, 5) is 4.98. The first-order valence-corrected chi connectivity index (χ1v) is 11.4. The van der Waals surface area contributed by atoms with Gasteiger partial charge in [-0.25, -0.2) is 18.5 Å². The number of sulfonamides is 1. The minimum Gasteiger partial charge on any atom is -0.240 e. The molecule has 1 aliphatic rings. The molecule has 4 rings (SSSR count). The molecule has 0 saturated heterocycles. The molecule has 2 unspecified atom stereocenters. The Bertz CT molecular complexity index is 1160. The van der Waals surface area contributed by atoms with Gasteiger partial charge in [0.05, 0.1) is 10.6 Å². The van der Waals surface area contributed by atoms with Gasteiger partial charge in [0, 0.05) is 16.9 Å². The van der Waals surface area contributed by atoms with Crippen LogP contribution in [0.15, 0.2) is 83.1 Å². The Labute approximate surface area is 169 Å². The van der Waals surface area contributed by atoms with E-state index in [1.807, 2.05) is 30.3 Å². The average Bonchev–Trinajstić information content (AvgIpc) is 3.18. The Kier molecular flexibility index (Phi) is 5.02. The van der Waals surface area contributed by atoms with Crippen LogP contribution in [0.2, 0.25) is 0 Å². The fourth-order valence-electron chi connectivity index (χ4n) is 3.33. The molecule has 0 radical (unpaired) electrons. The number of nitrogens with two attached hydrogens (primary N) is 1. The molecule has 1 heterocycles. The number of thiazole rings is 1. The summed E-state index contributed by atoms with van der Waals surface area (Å²) in [6.07, 6.45) is 6.34. The number of primary sulfonamides is 1. The molecule has 4 nitrogen and oxygen atoms in total. The lowest BCUT2D eigenvalue weighted by atomic mass is 9.83. The summed E-state index contributed by atoms with van der Waals surface area (Å²) in [5, 5.41) is 8.39. The van der Waals surface area contributed by atoms with E-state index in [0.29, 0.717) is 5.92 Å². The van der Waals surface area contributed by atoms with Crippen molar-refractivity contribution in [3.63, 3.8) is 0 Å². The van der Waals surface area contributed by atoms with E-state index in [0.717, 1.165) is 27.4 Å². The highest BCUT2D eigenvalue weighted by Gasteiger charge is 2.22. The maximum Gasteiger partial charge on any atom is 0.238 e. The highest BCUT2D eigenvalue weighted by Crippen LogP contribution is 2.37. The van der Waals surface area contributed by atoms with E-state index in [1.165, 1.54) is 6.07 Å². The first-order valence-electron chi connectivity index (χ1n) is 8.96. The van der Waals surface area contributed by atoms with E-state index in [-0.39, 0.29) is 10.8 Å². The lowest BCUT2D eigenvalue weighted by molar-refractivity contribution is 0.597. The van der Waals surface area contributed by atoms with Crippen molar-refractivity contribution in [2.45, 2.75) is 17.7 Å². The smallest absolute Gasteiger partial charge is 0.238 e. The molecule has 28 heavy (non-hydrogen) atoms. The Morgan fingerprint density at radius 3 is 2.54 bits per heavy atom. The second kappa shape index (κ2) is 7.47. The van der Waals surface area contributed by atoms with Crippen molar-refractivity contribution in [1.29, 1.82) is 0 Å². The zero-order chi connectivity index (χ0) is 19.7. The number of allylic oxidation sites excluding steroid dienone is 4. The second-order valence-electron chi connectivity index (χ2n) is 6.88. The highest BCUT2D eigenvalue weighted by atomic mass is 32.2. The van der Waals surface area contributed by atoms with Gasteiger partial charge in [0.15, 0.2) is 0 Å². The van der Waals surface area contributed by atoms with Crippen LogP contribution in [-0.2, 0) is 10.0 Å². The third-order valence-corrected chi connectivity index (χ3v) is 6.71. The van der Waals surface area contributed by atoms with E-state index in [1.54, 1.807) is 23.5 Å². The number of rotatable bonds is 4. The molecule has 0 aliphatic heterocycles. The first-order chi connectivity index (χ1) is 13.4. The molecular formula is C22H20N2O2S2. The van der Waals surface area contributed by atoms with E-state index in [2.05, 4.69) is 36.6 Å².